The van der Waals surface area contributed by atoms with Gasteiger partial charge in [-0.1, -0.05) is 11.6 Å². The van der Waals surface area contributed by atoms with Crippen LogP contribution in [0.15, 0.2) is 42.5 Å². The molecule has 8 nitrogen and oxygen atoms in total. The lowest BCUT2D eigenvalue weighted by atomic mass is 10.2. The molecule has 2 aromatic rings. The van der Waals surface area contributed by atoms with E-state index in [-0.39, 0.29) is 18.1 Å². The number of halogens is 1. The minimum Gasteiger partial charge on any atom is -0.369 e. The molecule has 0 unspecified atom stereocenters. The topological polar surface area (TPSA) is 103 Å². The van der Waals surface area contributed by atoms with Gasteiger partial charge in [-0.3, -0.25) is 19.8 Å². The van der Waals surface area contributed by atoms with E-state index in [0.29, 0.717) is 29.4 Å². The molecule has 1 aliphatic rings. The smallest absolute Gasteiger partial charge is 0.269 e. The summed E-state index contributed by atoms with van der Waals surface area (Å²) >= 11 is 5.98. The molecule has 0 aromatic heterocycles. The first kappa shape index (κ1) is 19.6. The van der Waals surface area contributed by atoms with Gasteiger partial charge in [-0.25, -0.2) is 0 Å². The number of hydrogen-bond donors (Lipinski definition) is 1. The number of nitro groups is 1. The second kappa shape index (κ2) is 8.69. The van der Waals surface area contributed by atoms with Crippen molar-refractivity contribution >= 4 is 34.6 Å². The van der Waals surface area contributed by atoms with Gasteiger partial charge in [0.25, 0.3) is 5.69 Å². The van der Waals surface area contributed by atoms with Gasteiger partial charge >= 0.3 is 0 Å². The van der Waals surface area contributed by atoms with E-state index in [9.17, 15) is 14.9 Å². The monoisotopic (exact) mass is 399 g/mol. The summed E-state index contributed by atoms with van der Waals surface area (Å²) in [6.45, 7) is 3.13. The van der Waals surface area contributed by atoms with E-state index in [1.807, 2.05) is 11.0 Å². The standard InChI is InChI=1S/C19H18ClN5O3/c20-18-11-15(2-1-14(18)12-21)22-19(26)13-23-7-9-24(10-8-23)16-3-5-17(6-4-16)25(27)28/h1-6,11H,7-10,13H2,(H,22,26). The summed E-state index contributed by atoms with van der Waals surface area (Å²) in [7, 11) is 0. The lowest BCUT2D eigenvalue weighted by Crippen LogP contribution is -2.48. The molecule has 0 bridgehead atoms. The third-order valence-corrected chi connectivity index (χ3v) is 4.85. The predicted octanol–water partition coefficient (Wildman–Crippen LogP) is 2.88. The number of carbonyl (C=O) groups is 1. The first-order chi connectivity index (χ1) is 13.5. The third-order valence-electron chi connectivity index (χ3n) is 4.54. The fourth-order valence-corrected chi connectivity index (χ4v) is 3.26. The Kier molecular flexibility index (Phi) is 6.09. The van der Waals surface area contributed by atoms with Crippen molar-refractivity contribution in [1.82, 2.24) is 4.90 Å². The fraction of sp³-hybridized carbons (Fsp3) is 0.263. The minimum absolute atomic E-state index is 0.0713. The highest BCUT2D eigenvalue weighted by Crippen LogP contribution is 2.21. The Bertz CT molecular complexity index is 918. The molecule has 0 saturated carbocycles. The Hall–Kier alpha value is -3.15. The molecule has 28 heavy (non-hydrogen) atoms. The number of benzene rings is 2. The quantitative estimate of drug-likeness (QED) is 0.612. The zero-order valence-electron chi connectivity index (χ0n) is 15.0. The number of non-ortho nitro benzene ring substituents is 1. The zero-order valence-corrected chi connectivity index (χ0v) is 15.7. The number of piperazine rings is 1. The van der Waals surface area contributed by atoms with Crippen LogP contribution in [0.3, 0.4) is 0 Å². The Morgan fingerprint density at radius 3 is 2.43 bits per heavy atom. The van der Waals surface area contributed by atoms with Gasteiger partial charge in [0.2, 0.25) is 5.91 Å². The first-order valence-corrected chi connectivity index (χ1v) is 9.05. The number of rotatable bonds is 5. The summed E-state index contributed by atoms with van der Waals surface area (Å²) in [6, 6.07) is 13.2. The number of nitrogens with zero attached hydrogens (tertiary/aromatic N) is 4. The van der Waals surface area contributed by atoms with Gasteiger partial charge in [0.15, 0.2) is 0 Å². The summed E-state index contributed by atoms with van der Waals surface area (Å²) in [4.78, 5) is 26.8. The SMILES string of the molecule is N#Cc1ccc(NC(=O)CN2CCN(c3ccc([N+](=O)[O-])cc3)CC2)cc1Cl. The Balaban J connectivity index is 1.50. The number of nitriles is 1. The molecule has 1 N–H and O–H groups in total. The van der Waals surface area contributed by atoms with Crippen molar-refractivity contribution in [3.63, 3.8) is 0 Å². The summed E-state index contributed by atoms with van der Waals surface area (Å²) in [5.74, 6) is -0.149. The summed E-state index contributed by atoms with van der Waals surface area (Å²) in [6.07, 6.45) is 0. The van der Waals surface area contributed by atoms with Crippen molar-refractivity contribution in [3.8, 4) is 6.07 Å². The zero-order chi connectivity index (χ0) is 20.1. The van der Waals surface area contributed by atoms with Gasteiger partial charge in [0.05, 0.1) is 22.1 Å². The highest BCUT2D eigenvalue weighted by molar-refractivity contribution is 6.32. The number of amides is 1. The molecular formula is C19H18ClN5O3. The molecule has 1 aliphatic heterocycles. The van der Waals surface area contributed by atoms with Crippen molar-refractivity contribution in [2.75, 3.05) is 42.9 Å². The molecular weight excluding hydrogens is 382 g/mol. The second-order valence-electron chi connectivity index (χ2n) is 6.39. The molecule has 0 atom stereocenters. The second-order valence-corrected chi connectivity index (χ2v) is 6.80. The van der Waals surface area contributed by atoms with Gasteiger partial charge in [0, 0.05) is 49.7 Å². The molecule has 2 aromatic carbocycles. The van der Waals surface area contributed by atoms with Crippen LogP contribution >= 0.6 is 11.6 Å². The number of anilines is 2. The molecule has 144 valence electrons. The van der Waals surface area contributed by atoms with Crippen molar-refractivity contribution in [1.29, 1.82) is 5.26 Å². The van der Waals surface area contributed by atoms with Crippen LogP contribution in [0.5, 0.6) is 0 Å². The van der Waals surface area contributed by atoms with E-state index >= 15 is 0 Å². The van der Waals surface area contributed by atoms with Crippen LogP contribution in [-0.4, -0.2) is 48.5 Å². The average Bonchev–Trinajstić information content (AvgIpc) is 2.69. The van der Waals surface area contributed by atoms with Gasteiger partial charge in [-0.05, 0) is 30.3 Å². The largest absolute Gasteiger partial charge is 0.369 e. The van der Waals surface area contributed by atoms with Crippen LogP contribution in [0, 0.1) is 21.4 Å². The lowest BCUT2D eigenvalue weighted by Gasteiger charge is -2.35. The van der Waals surface area contributed by atoms with Crippen LogP contribution in [0.25, 0.3) is 0 Å². The fourth-order valence-electron chi connectivity index (χ4n) is 3.04. The molecule has 0 radical (unpaired) electrons. The summed E-state index contributed by atoms with van der Waals surface area (Å²) in [5.41, 5.74) is 1.92. The number of nitro benzene ring substituents is 1. The maximum absolute atomic E-state index is 12.3. The molecule has 1 saturated heterocycles. The van der Waals surface area contributed by atoms with Gasteiger partial charge in [-0.2, -0.15) is 5.26 Å². The molecule has 9 heteroatoms. The van der Waals surface area contributed by atoms with E-state index in [1.54, 1.807) is 30.3 Å². The summed E-state index contributed by atoms with van der Waals surface area (Å²) in [5, 5.41) is 22.7. The van der Waals surface area contributed by atoms with Crippen LogP contribution < -0.4 is 10.2 Å². The number of hydrogen-bond acceptors (Lipinski definition) is 6. The van der Waals surface area contributed by atoms with E-state index in [1.165, 1.54) is 12.1 Å². The van der Waals surface area contributed by atoms with E-state index in [4.69, 9.17) is 16.9 Å². The predicted molar refractivity (Wildman–Crippen MR) is 107 cm³/mol. The number of nitrogens with one attached hydrogen (secondary N) is 1. The van der Waals surface area contributed by atoms with E-state index < -0.39 is 4.92 Å². The molecule has 0 aliphatic carbocycles. The van der Waals surface area contributed by atoms with Crippen molar-refractivity contribution < 1.29 is 9.72 Å². The Morgan fingerprint density at radius 1 is 1.18 bits per heavy atom. The van der Waals surface area contributed by atoms with Crippen LogP contribution in [0.1, 0.15) is 5.56 Å². The van der Waals surface area contributed by atoms with Gasteiger partial charge in [-0.15, -0.1) is 0 Å². The highest BCUT2D eigenvalue weighted by Gasteiger charge is 2.20. The first-order valence-electron chi connectivity index (χ1n) is 8.67. The molecule has 1 heterocycles. The lowest BCUT2D eigenvalue weighted by molar-refractivity contribution is -0.384. The Labute approximate surface area is 167 Å². The van der Waals surface area contributed by atoms with Crippen LogP contribution in [-0.2, 0) is 4.79 Å². The third kappa shape index (κ3) is 4.76. The van der Waals surface area contributed by atoms with Gasteiger partial charge in [0.1, 0.15) is 6.07 Å². The summed E-state index contributed by atoms with van der Waals surface area (Å²) < 4.78 is 0. The maximum atomic E-state index is 12.3. The average molecular weight is 400 g/mol. The highest BCUT2D eigenvalue weighted by atomic mass is 35.5. The normalized spacial score (nSPS) is 14.4. The van der Waals surface area contributed by atoms with E-state index in [2.05, 4.69) is 10.2 Å². The molecule has 0 spiro atoms. The number of carbonyl (C=O) groups excluding carboxylic acids is 1. The molecule has 1 amide bonds. The Morgan fingerprint density at radius 2 is 1.86 bits per heavy atom. The van der Waals surface area contributed by atoms with Crippen molar-refractivity contribution in [2.24, 2.45) is 0 Å². The van der Waals surface area contributed by atoms with Crippen LogP contribution in [0.2, 0.25) is 5.02 Å². The van der Waals surface area contributed by atoms with Gasteiger partial charge < -0.3 is 10.2 Å². The van der Waals surface area contributed by atoms with Crippen molar-refractivity contribution in [2.45, 2.75) is 0 Å². The molecule has 1 fully saturated rings. The minimum atomic E-state index is -0.415. The maximum Gasteiger partial charge on any atom is 0.269 e. The van der Waals surface area contributed by atoms with Crippen LogP contribution in [0.4, 0.5) is 17.1 Å². The van der Waals surface area contributed by atoms with Crippen molar-refractivity contribution in [3.05, 3.63) is 63.2 Å². The van der Waals surface area contributed by atoms with E-state index in [0.717, 1.165) is 18.8 Å². The molecule has 3 rings (SSSR count).